The van der Waals surface area contributed by atoms with Crippen LogP contribution in [0.2, 0.25) is 0 Å². The van der Waals surface area contributed by atoms with Gasteiger partial charge in [0.05, 0.1) is 6.61 Å². The van der Waals surface area contributed by atoms with Gasteiger partial charge in [-0.2, -0.15) is 17.6 Å². The Kier molecular flexibility index (Phi) is 17.2. The Balaban J connectivity index is 0.000000250. The van der Waals surface area contributed by atoms with E-state index >= 15 is 0 Å². The fourth-order valence-corrected chi connectivity index (χ4v) is 7.25. The molecule has 0 aliphatic rings. The lowest BCUT2D eigenvalue weighted by molar-refractivity contribution is 0.111. The van der Waals surface area contributed by atoms with Crippen molar-refractivity contribution in [1.29, 1.82) is 0 Å². The Labute approximate surface area is 282 Å². The van der Waals surface area contributed by atoms with Crippen LogP contribution in [0, 0.1) is 27.7 Å². The van der Waals surface area contributed by atoms with Crippen LogP contribution < -0.4 is 0 Å². The van der Waals surface area contributed by atoms with E-state index in [0.29, 0.717) is 61.9 Å². The number of aryl methyl sites for hydroxylation is 4. The van der Waals surface area contributed by atoms with Crippen molar-refractivity contribution in [2.24, 2.45) is 0 Å². The average molecular weight is 709 g/mol. The molecule has 0 saturated heterocycles. The molecule has 0 heterocycles. The Morgan fingerprint density at radius 3 is 1.24 bits per heavy atom. The van der Waals surface area contributed by atoms with Crippen LogP contribution >= 0.6 is 45.1 Å². The maximum absolute atomic E-state index is 12.0. The normalized spacial score (nSPS) is 10.5. The molecular weight excluding hydrogens is 677 g/mol. The van der Waals surface area contributed by atoms with E-state index in [4.69, 9.17) is 5.11 Å². The predicted octanol–water partition coefficient (Wildman–Crippen LogP) is 10.7. The van der Waals surface area contributed by atoms with Crippen molar-refractivity contribution in [2.75, 3.05) is 0 Å². The monoisotopic (exact) mass is 708 g/mol. The lowest BCUT2D eigenvalue weighted by Crippen LogP contribution is -1.91. The minimum absolute atomic E-state index is 0.198. The molecule has 0 aliphatic heterocycles. The van der Waals surface area contributed by atoms with Gasteiger partial charge in [-0.15, -0.1) is 0 Å². The Hall–Kier alpha value is -3.03. The molecule has 0 aliphatic carbocycles. The van der Waals surface area contributed by atoms with Crippen molar-refractivity contribution in [2.45, 2.75) is 65.4 Å². The summed E-state index contributed by atoms with van der Waals surface area (Å²) in [5, 5.41) is 8.90. The SMILES string of the molecule is Cc1ccc(SC(F)F)c(C=O)c1.Cc1ccc(SC(F)F)c(CO)c1.Cc1ccc(SSc2ccc(C)cc2C=O)c(C=O)c1. The molecule has 0 spiro atoms. The summed E-state index contributed by atoms with van der Waals surface area (Å²) >= 11 is 0.859. The van der Waals surface area contributed by atoms with Crippen molar-refractivity contribution in [3.05, 3.63) is 117 Å². The van der Waals surface area contributed by atoms with Crippen LogP contribution in [0.25, 0.3) is 0 Å². The van der Waals surface area contributed by atoms with Crippen molar-refractivity contribution >= 4 is 64.0 Å². The highest BCUT2D eigenvalue weighted by atomic mass is 33.1. The summed E-state index contributed by atoms with van der Waals surface area (Å²) in [5.41, 5.74) is 6.22. The lowest BCUT2D eigenvalue weighted by atomic mass is 10.1. The molecule has 4 aromatic carbocycles. The molecule has 0 unspecified atom stereocenters. The third-order valence-electron chi connectivity index (χ3n) is 5.92. The summed E-state index contributed by atoms with van der Waals surface area (Å²) in [5.74, 6) is -4.92. The molecule has 0 aromatic heterocycles. The van der Waals surface area contributed by atoms with Gasteiger partial charge in [-0.1, -0.05) is 97.7 Å². The number of aliphatic hydroxyl groups is 1. The van der Waals surface area contributed by atoms with E-state index < -0.39 is 11.5 Å². The highest BCUT2D eigenvalue weighted by molar-refractivity contribution is 8.76. The number of aldehydes is 3. The molecule has 0 radical (unpaired) electrons. The van der Waals surface area contributed by atoms with E-state index in [1.807, 2.05) is 64.1 Å². The number of thioether (sulfide) groups is 2. The van der Waals surface area contributed by atoms with Crippen molar-refractivity contribution in [3.63, 3.8) is 0 Å². The quantitative estimate of drug-likeness (QED) is 0.0715. The van der Waals surface area contributed by atoms with Crippen molar-refractivity contribution in [1.82, 2.24) is 0 Å². The lowest BCUT2D eigenvalue weighted by Gasteiger charge is -2.07. The van der Waals surface area contributed by atoms with E-state index in [2.05, 4.69) is 0 Å². The molecular formula is C34H32F4O4S4. The third kappa shape index (κ3) is 13.4. The van der Waals surface area contributed by atoms with Gasteiger partial charge in [-0.05, 0) is 75.7 Å². The van der Waals surface area contributed by atoms with Crippen LogP contribution in [0.1, 0.15) is 58.9 Å². The predicted molar refractivity (Wildman–Crippen MR) is 182 cm³/mol. The highest BCUT2D eigenvalue weighted by Gasteiger charge is 2.11. The topological polar surface area (TPSA) is 71.4 Å². The zero-order valence-corrected chi connectivity index (χ0v) is 28.6. The zero-order valence-electron chi connectivity index (χ0n) is 25.3. The summed E-state index contributed by atoms with van der Waals surface area (Å²) in [4.78, 5) is 35.3. The number of benzene rings is 4. The number of rotatable bonds is 11. The summed E-state index contributed by atoms with van der Waals surface area (Å²) in [6.07, 6.45) is 2.33. The minimum atomic E-state index is -2.48. The van der Waals surface area contributed by atoms with Gasteiger partial charge in [0.1, 0.15) is 0 Å². The molecule has 244 valence electrons. The van der Waals surface area contributed by atoms with Crippen LogP contribution in [0.5, 0.6) is 0 Å². The van der Waals surface area contributed by atoms with E-state index in [1.165, 1.54) is 27.7 Å². The average Bonchev–Trinajstić information content (AvgIpc) is 3.02. The number of carbonyl (C=O) groups excluding carboxylic acids is 3. The first-order valence-electron chi connectivity index (χ1n) is 13.5. The summed E-state index contributed by atoms with van der Waals surface area (Å²) < 4.78 is 48.0. The Bertz CT molecular complexity index is 1560. The molecule has 1 N–H and O–H groups in total. The number of hydrogen-bond donors (Lipinski definition) is 1. The summed E-state index contributed by atoms with van der Waals surface area (Å²) in [6.45, 7) is 7.38. The molecule has 0 atom stereocenters. The first-order chi connectivity index (χ1) is 21.9. The number of alkyl halides is 4. The summed E-state index contributed by atoms with van der Waals surface area (Å²) in [7, 11) is 2.99. The van der Waals surface area contributed by atoms with E-state index in [1.54, 1.807) is 30.3 Å². The molecule has 0 bridgehead atoms. The van der Waals surface area contributed by atoms with Gasteiger partial charge < -0.3 is 5.11 Å². The molecule has 4 aromatic rings. The largest absolute Gasteiger partial charge is 0.392 e. The molecule has 4 nitrogen and oxygen atoms in total. The van der Waals surface area contributed by atoms with Crippen LogP contribution in [0.15, 0.2) is 92.4 Å². The van der Waals surface area contributed by atoms with Gasteiger partial charge in [0.25, 0.3) is 11.5 Å². The van der Waals surface area contributed by atoms with Crippen molar-refractivity contribution in [3.8, 4) is 0 Å². The second kappa shape index (κ2) is 20.3. The molecule has 4 rings (SSSR count). The van der Waals surface area contributed by atoms with Crippen LogP contribution in [-0.2, 0) is 6.61 Å². The first kappa shape index (κ1) is 39.1. The van der Waals surface area contributed by atoms with Gasteiger partial charge in [0, 0.05) is 36.3 Å². The third-order valence-corrected chi connectivity index (χ3v) is 10.1. The van der Waals surface area contributed by atoms with Gasteiger partial charge in [-0.3, -0.25) is 14.4 Å². The Morgan fingerprint density at radius 2 is 0.870 bits per heavy atom. The fraction of sp³-hybridized carbons (Fsp3) is 0.206. The van der Waals surface area contributed by atoms with Gasteiger partial charge >= 0.3 is 0 Å². The van der Waals surface area contributed by atoms with Crippen molar-refractivity contribution < 1.29 is 37.1 Å². The molecule has 0 fully saturated rings. The van der Waals surface area contributed by atoms with Gasteiger partial charge in [-0.25, -0.2) is 0 Å². The van der Waals surface area contributed by atoms with E-state index in [9.17, 15) is 31.9 Å². The number of hydrogen-bond acceptors (Lipinski definition) is 8. The zero-order chi connectivity index (χ0) is 34.2. The number of carbonyl (C=O) groups is 3. The molecule has 0 amide bonds. The smallest absolute Gasteiger partial charge is 0.288 e. The fourth-order valence-electron chi connectivity index (χ4n) is 3.77. The summed E-state index contributed by atoms with van der Waals surface area (Å²) in [6, 6.07) is 21.5. The maximum Gasteiger partial charge on any atom is 0.288 e. The molecule has 12 heteroatoms. The van der Waals surface area contributed by atoms with E-state index in [0.717, 1.165) is 44.6 Å². The van der Waals surface area contributed by atoms with Gasteiger partial charge in [0.2, 0.25) is 0 Å². The number of aliphatic hydroxyl groups excluding tert-OH is 1. The Morgan fingerprint density at radius 1 is 0.543 bits per heavy atom. The van der Waals surface area contributed by atoms with Crippen LogP contribution in [0.4, 0.5) is 17.6 Å². The van der Waals surface area contributed by atoms with Crippen LogP contribution in [-0.4, -0.2) is 35.5 Å². The second-order valence-corrected chi connectivity index (χ2v) is 13.9. The molecule has 46 heavy (non-hydrogen) atoms. The van der Waals surface area contributed by atoms with Gasteiger partial charge in [0.15, 0.2) is 18.9 Å². The highest BCUT2D eigenvalue weighted by Crippen LogP contribution is 2.40. The number of halogens is 4. The molecule has 0 saturated carbocycles. The standard InChI is InChI=1S/C16H14O2S2.C9H10F2OS.C9H8F2OS/c1-11-3-5-15(13(7-11)9-17)19-20-16-6-4-12(2)8-14(16)10-18;2*1-6-2-3-8(13-9(10)11)7(4-6)5-12/h3-10H,1-2H3;2-4,9,12H,5H2,1H3;2-5,9H,1H3. The van der Waals surface area contributed by atoms with Crippen LogP contribution in [0.3, 0.4) is 0 Å². The second-order valence-electron chi connectivity index (χ2n) is 9.67. The maximum atomic E-state index is 12.0. The van der Waals surface area contributed by atoms with E-state index in [-0.39, 0.29) is 6.61 Å². The minimum Gasteiger partial charge on any atom is -0.392 e. The first-order valence-corrected chi connectivity index (χ1v) is 17.4.